The molecule has 0 aliphatic heterocycles. The maximum atomic E-state index is 11.6. The molecule has 2 aromatic rings. The van der Waals surface area contributed by atoms with Gasteiger partial charge in [-0.05, 0) is 17.2 Å². The first-order valence-electron chi connectivity index (χ1n) is 5.79. The number of H-pyrrole nitrogens is 1. The minimum absolute atomic E-state index is 0.228. The maximum absolute atomic E-state index is 11.6. The highest BCUT2D eigenvalue weighted by Gasteiger charge is 2.07. The summed E-state index contributed by atoms with van der Waals surface area (Å²) in [5.74, 6) is -1.30. The number of amides is 1. The fraction of sp³-hybridized carbons (Fsp3) is 0.0769. The van der Waals surface area contributed by atoms with Crippen LogP contribution in [0, 0.1) is 0 Å². The standard InChI is InChI=1S/C13H12N4O3/c18-12(19)6-5-9-1-3-10(4-2-9)7-14-13(20)11-8-15-17-16-11/h1-6,8H,7H2,(H,14,20)(H,18,19)(H,15,16,17)/b6-5+. The SMILES string of the molecule is O=C(O)/C=C/c1ccc(CNC(=O)c2cn[nH]n2)cc1. The van der Waals surface area contributed by atoms with Crippen LogP contribution in [0.15, 0.2) is 36.5 Å². The molecule has 0 saturated carbocycles. The van der Waals surface area contributed by atoms with Crippen LogP contribution in [-0.4, -0.2) is 32.4 Å². The number of carboxylic acid groups (broad SMARTS) is 1. The van der Waals surface area contributed by atoms with Crippen molar-refractivity contribution in [3.63, 3.8) is 0 Å². The van der Waals surface area contributed by atoms with Crippen LogP contribution in [0.2, 0.25) is 0 Å². The van der Waals surface area contributed by atoms with Crippen molar-refractivity contribution in [2.24, 2.45) is 0 Å². The Morgan fingerprint density at radius 1 is 1.30 bits per heavy atom. The van der Waals surface area contributed by atoms with Gasteiger partial charge in [-0.2, -0.15) is 15.4 Å². The van der Waals surface area contributed by atoms with Gasteiger partial charge in [0.05, 0.1) is 6.20 Å². The predicted molar refractivity (Wildman–Crippen MR) is 70.7 cm³/mol. The lowest BCUT2D eigenvalue weighted by molar-refractivity contribution is -0.131. The Labute approximate surface area is 114 Å². The van der Waals surface area contributed by atoms with Crippen LogP contribution in [0.5, 0.6) is 0 Å². The number of carboxylic acids is 1. The summed E-state index contributed by atoms with van der Waals surface area (Å²) in [6.45, 7) is 0.356. The second kappa shape index (κ2) is 6.28. The summed E-state index contributed by atoms with van der Waals surface area (Å²) in [6.07, 6.45) is 3.91. The fourth-order valence-electron chi connectivity index (χ4n) is 1.50. The number of rotatable bonds is 5. The molecule has 0 atom stereocenters. The van der Waals surface area contributed by atoms with E-state index >= 15 is 0 Å². The average Bonchev–Trinajstić information content (AvgIpc) is 2.98. The van der Waals surface area contributed by atoms with Crippen LogP contribution in [0.3, 0.4) is 0 Å². The number of hydrogen-bond donors (Lipinski definition) is 3. The molecule has 0 radical (unpaired) electrons. The number of benzene rings is 1. The summed E-state index contributed by atoms with van der Waals surface area (Å²) in [5, 5.41) is 20.8. The molecule has 7 nitrogen and oxygen atoms in total. The Morgan fingerprint density at radius 3 is 2.65 bits per heavy atom. The Hall–Kier alpha value is -2.96. The van der Waals surface area contributed by atoms with Crippen molar-refractivity contribution < 1.29 is 14.7 Å². The largest absolute Gasteiger partial charge is 0.478 e. The molecule has 1 amide bonds. The predicted octanol–water partition coefficient (Wildman–Crippen LogP) is 0.832. The molecular weight excluding hydrogens is 260 g/mol. The number of nitrogens with one attached hydrogen (secondary N) is 2. The van der Waals surface area contributed by atoms with Gasteiger partial charge in [0.2, 0.25) is 0 Å². The molecule has 1 aromatic heterocycles. The highest BCUT2D eigenvalue weighted by atomic mass is 16.4. The molecule has 0 spiro atoms. The maximum Gasteiger partial charge on any atom is 0.328 e. The molecule has 1 heterocycles. The summed E-state index contributed by atoms with van der Waals surface area (Å²) in [7, 11) is 0. The van der Waals surface area contributed by atoms with Gasteiger partial charge < -0.3 is 10.4 Å². The van der Waals surface area contributed by atoms with Crippen molar-refractivity contribution >= 4 is 18.0 Å². The van der Waals surface area contributed by atoms with Crippen LogP contribution in [0.1, 0.15) is 21.6 Å². The van der Waals surface area contributed by atoms with Gasteiger partial charge >= 0.3 is 5.97 Å². The molecule has 7 heteroatoms. The van der Waals surface area contributed by atoms with Crippen LogP contribution in [-0.2, 0) is 11.3 Å². The Kier molecular flexibility index (Phi) is 4.23. The zero-order valence-electron chi connectivity index (χ0n) is 10.4. The van der Waals surface area contributed by atoms with Crippen LogP contribution >= 0.6 is 0 Å². The number of aliphatic carboxylic acids is 1. The van der Waals surface area contributed by atoms with Gasteiger partial charge in [-0.3, -0.25) is 4.79 Å². The Balaban J connectivity index is 1.91. The van der Waals surface area contributed by atoms with Gasteiger partial charge in [0, 0.05) is 12.6 Å². The highest BCUT2D eigenvalue weighted by Crippen LogP contribution is 2.06. The van der Waals surface area contributed by atoms with E-state index in [4.69, 9.17) is 5.11 Å². The Morgan fingerprint density at radius 2 is 2.05 bits per heavy atom. The first kappa shape index (κ1) is 13.5. The van der Waals surface area contributed by atoms with Crippen molar-refractivity contribution in [3.05, 3.63) is 53.4 Å². The number of carbonyl (C=O) groups excluding carboxylic acids is 1. The summed E-state index contributed by atoms with van der Waals surface area (Å²) < 4.78 is 0. The second-order valence-electron chi connectivity index (χ2n) is 3.95. The third-order valence-corrected chi connectivity index (χ3v) is 2.50. The molecule has 102 valence electrons. The third kappa shape index (κ3) is 3.77. The zero-order valence-corrected chi connectivity index (χ0v) is 10.4. The molecule has 3 N–H and O–H groups in total. The number of aromatic nitrogens is 3. The summed E-state index contributed by atoms with van der Waals surface area (Å²) in [5.41, 5.74) is 1.90. The molecular formula is C13H12N4O3. The minimum atomic E-state index is -0.992. The molecule has 1 aromatic carbocycles. The lowest BCUT2D eigenvalue weighted by Crippen LogP contribution is -2.23. The summed E-state index contributed by atoms with van der Waals surface area (Å²) in [6, 6.07) is 7.17. The van der Waals surface area contributed by atoms with E-state index in [2.05, 4.69) is 20.7 Å². The normalized spacial score (nSPS) is 10.6. The van der Waals surface area contributed by atoms with Crippen molar-refractivity contribution in [2.75, 3.05) is 0 Å². The number of aromatic amines is 1. The number of hydrogen-bond acceptors (Lipinski definition) is 4. The highest BCUT2D eigenvalue weighted by molar-refractivity contribution is 5.91. The lowest BCUT2D eigenvalue weighted by Gasteiger charge is -2.03. The van der Waals surface area contributed by atoms with Crippen molar-refractivity contribution in [2.45, 2.75) is 6.54 Å². The van der Waals surface area contributed by atoms with Gasteiger partial charge in [0.25, 0.3) is 5.91 Å². The molecule has 0 unspecified atom stereocenters. The van der Waals surface area contributed by atoms with Crippen LogP contribution < -0.4 is 5.32 Å². The topological polar surface area (TPSA) is 108 Å². The van der Waals surface area contributed by atoms with Gasteiger partial charge in [-0.15, -0.1) is 0 Å². The number of nitrogens with zero attached hydrogens (tertiary/aromatic N) is 2. The summed E-state index contributed by atoms with van der Waals surface area (Å²) >= 11 is 0. The van der Waals surface area contributed by atoms with Gasteiger partial charge in [0.1, 0.15) is 0 Å². The van der Waals surface area contributed by atoms with E-state index in [9.17, 15) is 9.59 Å². The van der Waals surface area contributed by atoms with E-state index in [1.54, 1.807) is 12.1 Å². The van der Waals surface area contributed by atoms with E-state index in [-0.39, 0.29) is 11.6 Å². The average molecular weight is 272 g/mol. The smallest absolute Gasteiger partial charge is 0.328 e. The molecule has 0 saturated heterocycles. The van der Waals surface area contributed by atoms with E-state index in [0.29, 0.717) is 6.54 Å². The molecule has 2 rings (SSSR count). The second-order valence-corrected chi connectivity index (χ2v) is 3.95. The van der Waals surface area contributed by atoms with Crippen LogP contribution in [0.25, 0.3) is 6.08 Å². The van der Waals surface area contributed by atoms with E-state index in [1.807, 2.05) is 12.1 Å². The van der Waals surface area contributed by atoms with Crippen molar-refractivity contribution in [1.29, 1.82) is 0 Å². The quantitative estimate of drug-likeness (QED) is 0.699. The molecule has 20 heavy (non-hydrogen) atoms. The monoisotopic (exact) mass is 272 g/mol. The lowest BCUT2D eigenvalue weighted by atomic mass is 10.1. The molecule has 0 aliphatic carbocycles. The molecule has 0 fully saturated rings. The number of carbonyl (C=O) groups is 2. The molecule has 0 aliphatic rings. The minimum Gasteiger partial charge on any atom is -0.478 e. The van der Waals surface area contributed by atoms with E-state index < -0.39 is 5.97 Å². The van der Waals surface area contributed by atoms with Crippen molar-refractivity contribution in [3.8, 4) is 0 Å². The zero-order chi connectivity index (χ0) is 14.4. The summed E-state index contributed by atoms with van der Waals surface area (Å²) in [4.78, 5) is 22.0. The first-order valence-corrected chi connectivity index (χ1v) is 5.79. The molecule has 0 bridgehead atoms. The van der Waals surface area contributed by atoms with Crippen molar-refractivity contribution in [1.82, 2.24) is 20.7 Å². The fourth-order valence-corrected chi connectivity index (χ4v) is 1.50. The first-order chi connectivity index (χ1) is 9.65. The van der Waals surface area contributed by atoms with Gasteiger partial charge in [-0.1, -0.05) is 24.3 Å². The Bertz CT molecular complexity index is 618. The third-order valence-electron chi connectivity index (χ3n) is 2.50. The van der Waals surface area contributed by atoms with Gasteiger partial charge in [0.15, 0.2) is 5.69 Å². The van der Waals surface area contributed by atoms with E-state index in [0.717, 1.165) is 17.2 Å². The van der Waals surface area contributed by atoms with E-state index in [1.165, 1.54) is 12.3 Å². The van der Waals surface area contributed by atoms with Gasteiger partial charge in [-0.25, -0.2) is 4.79 Å². The van der Waals surface area contributed by atoms with Crippen LogP contribution in [0.4, 0.5) is 0 Å².